The topological polar surface area (TPSA) is 0 Å². The van der Waals surface area contributed by atoms with E-state index >= 15 is 0 Å². The first-order chi connectivity index (χ1) is 3.89. The van der Waals surface area contributed by atoms with E-state index in [1.165, 1.54) is 0 Å². The molecule has 0 amide bonds. The van der Waals surface area contributed by atoms with E-state index in [-0.39, 0.29) is 5.92 Å². The summed E-state index contributed by atoms with van der Waals surface area (Å²) in [4.78, 5) is 0. The third-order valence-corrected chi connectivity index (χ3v) is 0.333. The van der Waals surface area contributed by atoms with Crippen LogP contribution in [0.25, 0.3) is 0 Å². The Morgan fingerprint density at radius 3 is 2.60 bits per heavy atom. The van der Waals surface area contributed by atoms with Crippen LogP contribution in [0.5, 0.6) is 0 Å². The maximum Gasteiger partial charge on any atom is 0.0266 e. The molecule has 0 bridgehead atoms. The first-order valence-electron chi connectivity index (χ1n) is 3.89. The largest absolute Gasteiger partial charge is 0.0651 e. The third kappa shape index (κ3) is 4.00. The molecule has 0 atom stereocenters. The minimum Gasteiger partial charge on any atom is -0.0651 e. The highest BCUT2D eigenvalue weighted by Crippen LogP contribution is 1.93. The second-order valence-electron chi connectivity index (χ2n) is 1.32. The van der Waals surface area contributed by atoms with Crippen LogP contribution in [0.15, 0.2) is 0 Å². The Hall–Kier alpha value is 0. The molecule has 0 aliphatic heterocycles. The Bertz CT molecular complexity index is 77.0. The molecule has 0 saturated carbocycles. The van der Waals surface area contributed by atoms with Crippen LogP contribution in [-0.2, 0) is 0 Å². The zero-order valence-electron chi connectivity index (χ0n) is 7.65. The van der Waals surface area contributed by atoms with E-state index < -0.39 is 13.2 Å². The fraction of sp³-hybridized carbons (Fsp3) is 1.00. The Balaban J connectivity index is 4.01. The van der Waals surface area contributed by atoms with Crippen LogP contribution >= 0.6 is 0 Å². The van der Waals surface area contributed by atoms with Crippen molar-refractivity contribution in [3.8, 4) is 0 Å². The summed E-state index contributed by atoms with van der Waals surface area (Å²) in [5, 5.41) is 0. The average molecular weight is 76.2 g/mol. The van der Waals surface area contributed by atoms with Crippen molar-refractivity contribution in [1.82, 2.24) is 0 Å². The van der Waals surface area contributed by atoms with Gasteiger partial charge in [-0.3, -0.25) is 0 Å². The highest BCUT2D eigenvalue weighted by Gasteiger charge is 1.80. The van der Waals surface area contributed by atoms with Crippen molar-refractivity contribution in [3.63, 3.8) is 0 Å². The van der Waals surface area contributed by atoms with E-state index in [2.05, 4.69) is 0 Å². The summed E-state index contributed by atoms with van der Waals surface area (Å²) in [6.45, 7) is 1.98. The molecule has 0 heteroatoms. The molecule has 0 aromatic rings. The lowest BCUT2D eigenvalue weighted by Crippen LogP contribution is -1.77. The summed E-state index contributed by atoms with van der Waals surface area (Å²) in [6.07, 6.45) is -1.67. The van der Waals surface area contributed by atoms with E-state index in [0.717, 1.165) is 0 Å². The van der Waals surface area contributed by atoms with E-state index in [4.69, 9.17) is 5.48 Å². The van der Waals surface area contributed by atoms with Gasteiger partial charge in [0.2, 0.25) is 0 Å². The van der Waals surface area contributed by atoms with Crippen LogP contribution in [0.1, 0.15) is 32.6 Å². The van der Waals surface area contributed by atoms with Gasteiger partial charge in [0.1, 0.15) is 0 Å². The summed E-state index contributed by atoms with van der Waals surface area (Å²) in [7, 11) is 0. The van der Waals surface area contributed by atoms with Gasteiger partial charge in [-0.25, -0.2) is 0 Å². The molecule has 0 spiro atoms. The first-order valence-corrected chi connectivity index (χ1v) is 1.73. The summed E-state index contributed by atoms with van der Waals surface area (Å²) < 4.78 is 27.9. The number of rotatable bonds is 1. The lowest BCUT2D eigenvalue weighted by molar-refractivity contribution is 0.626. The van der Waals surface area contributed by atoms with Crippen molar-refractivity contribution in [1.29, 1.82) is 0 Å². The second-order valence-corrected chi connectivity index (χ2v) is 1.32. The molecule has 0 aliphatic rings. The van der Waals surface area contributed by atoms with Crippen LogP contribution in [0.4, 0.5) is 0 Å². The molecule has 0 nitrogen and oxygen atoms in total. The zero-order valence-corrected chi connectivity index (χ0v) is 3.65. The quantitative estimate of drug-likeness (QED) is 0.448. The highest BCUT2D eigenvalue weighted by atomic mass is 13.9. The van der Waals surface area contributed by atoms with Crippen molar-refractivity contribution >= 4 is 0 Å². The second kappa shape index (κ2) is 2.25. The summed E-state index contributed by atoms with van der Waals surface area (Å²) >= 11 is 0. The van der Waals surface area contributed by atoms with Gasteiger partial charge in [-0.2, -0.15) is 0 Å². The van der Waals surface area contributed by atoms with Gasteiger partial charge in [-0.05, 0) is 5.92 Å². The smallest absolute Gasteiger partial charge is 0.0266 e. The van der Waals surface area contributed by atoms with Gasteiger partial charge < -0.3 is 0 Å². The lowest BCUT2D eigenvalue weighted by atomic mass is 10.2. The van der Waals surface area contributed by atoms with Crippen LogP contribution in [-0.4, -0.2) is 0 Å². The van der Waals surface area contributed by atoms with Gasteiger partial charge in [-0.1, -0.05) is 27.1 Å². The zero-order chi connectivity index (χ0) is 7.65. The van der Waals surface area contributed by atoms with E-state index in [0.29, 0.717) is 0 Å². The van der Waals surface area contributed by atoms with Crippen LogP contribution < -0.4 is 0 Å². The van der Waals surface area contributed by atoms with Crippen LogP contribution in [0, 0.1) is 5.92 Å². The van der Waals surface area contributed by atoms with Gasteiger partial charge in [0.05, 0.1) is 0 Å². The molecular formula is C5H12. The molecule has 5 heavy (non-hydrogen) atoms. The lowest BCUT2D eigenvalue weighted by Gasteiger charge is -1.90. The van der Waals surface area contributed by atoms with E-state index in [1.807, 2.05) is 0 Å². The molecule has 0 fully saturated rings. The molecule has 0 rings (SSSR count). The molecule has 0 saturated heterocycles. The van der Waals surface area contributed by atoms with Crippen molar-refractivity contribution in [2.45, 2.75) is 27.1 Å². The fourth-order valence-electron chi connectivity index (χ4n) is 0. The Morgan fingerprint density at radius 2 is 2.60 bits per heavy atom. The standard InChI is InChI=1S/C5H12/c1-4-5(2)3/h5H,4H2,1-3H3/i1D2,4D2. The average Bonchev–Trinajstić information content (AvgIpc) is 1.65. The molecule has 0 heterocycles. The highest BCUT2D eigenvalue weighted by molar-refractivity contribution is 4.32. The maximum atomic E-state index is 7.13. The monoisotopic (exact) mass is 76.1 g/mol. The Labute approximate surface area is 39.8 Å². The Kier molecular flexibility index (Phi) is 0.562. The molecule has 0 aromatic heterocycles. The predicted octanol–water partition coefficient (Wildman–Crippen LogP) is 2.05. The molecule has 0 unspecified atom stereocenters. The van der Waals surface area contributed by atoms with Crippen LogP contribution in [0.2, 0.25) is 0 Å². The first kappa shape index (κ1) is 1.25. The van der Waals surface area contributed by atoms with E-state index in [9.17, 15) is 0 Å². The Morgan fingerprint density at radius 1 is 2.00 bits per heavy atom. The van der Waals surface area contributed by atoms with Crippen molar-refractivity contribution in [3.05, 3.63) is 0 Å². The number of hydrogen-bond acceptors (Lipinski definition) is 0. The van der Waals surface area contributed by atoms with E-state index in [1.54, 1.807) is 13.8 Å². The van der Waals surface area contributed by atoms with Gasteiger partial charge in [0, 0.05) is 5.48 Å². The molecule has 0 N–H and O–H groups in total. The minimum atomic E-state index is -1.67. The normalized spacial score (nSPS) is 24.8. The van der Waals surface area contributed by atoms with Gasteiger partial charge in [0.25, 0.3) is 0 Å². The number of hydrogen-bond donors (Lipinski definition) is 0. The molecule has 0 aliphatic carbocycles. The summed E-state index contributed by atoms with van der Waals surface area (Å²) in [5.41, 5.74) is 0. The third-order valence-electron chi connectivity index (χ3n) is 0.333. The van der Waals surface area contributed by atoms with Gasteiger partial charge in [-0.15, -0.1) is 0 Å². The SMILES string of the molecule is [2H]C([2H])C([2H])([2H])C(C)C. The predicted molar refractivity (Wildman–Crippen MR) is 25.1 cm³/mol. The molecule has 0 radical (unpaired) electrons. The molecule has 32 valence electrons. The van der Waals surface area contributed by atoms with Gasteiger partial charge in [0.15, 0.2) is 0 Å². The van der Waals surface area contributed by atoms with Crippen molar-refractivity contribution in [2.24, 2.45) is 5.92 Å². The van der Waals surface area contributed by atoms with Crippen LogP contribution in [0.3, 0.4) is 0 Å². The van der Waals surface area contributed by atoms with Crippen molar-refractivity contribution in [2.75, 3.05) is 0 Å². The maximum absolute atomic E-state index is 7.13. The molecule has 0 aromatic carbocycles. The van der Waals surface area contributed by atoms with Gasteiger partial charge >= 0.3 is 0 Å². The molecular weight excluding hydrogens is 60.1 g/mol. The minimum absolute atomic E-state index is 0.252. The summed E-state index contributed by atoms with van der Waals surface area (Å²) in [5.74, 6) is -0.252. The fourth-order valence-corrected chi connectivity index (χ4v) is 0. The summed E-state index contributed by atoms with van der Waals surface area (Å²) in [6, 6.07) is 0. The van der Waals surface area contributed by atoms with Crippen molar-refractivity contribution < 1.29 is 5.48 Å².